The average molecular weight is 146 g/mol. The summed E-state index contributed by atoms with van der Waals surface area (Å²) >= 11 is 0. The molecule has 0 bridgehead atoms. The third kappa shape index (κ3) is 1.68. The Kier molecular flexibility index (Phi) is 2.24. The van der Waals surface area contributed by atoms with E-state index in [1.165, 1.54) is 0 Å². The van der Waals surface area contributed by atoms with Crippen LogP contribution in [0, 0.1) is 0 Å². The van der Waals surface area contributed by atoms with E-state index in [-0.39, 0.29) is 12.7 Å². The molecule has 0 radical (unpaired) electrons. The largest absolute Gasteiger partial charge is 0.479 e. The molecule has 4 nitrogen and oxygen atoms in total. The third-order valence-electron chi connectivity index (χ3n) is 1.29. The first-order chi connectivity index (χ1) is 4.70. The molecule has 0 amide bonds. The number of carboxylic acid groups (broad SMARTS) is 1. The normalized spacial score (nSPS) is 33.7. The Morgan fingerprint density at radius 3 is 2.70 bits per heavy atom. The SMILES string of the molecule is CC1COCC(C(=O)O)O1. The van der Waals surface area contributed by atoms with Crippen molar-refractivity contribution in [1.29, 1.82) is 0 Å². The summed E-state index contributed by atoms with van der Waals surface area (Å²) in [7, 11) is 0. The Hall–Kier alpha value is -0.610. The number of hydrogen-bond donors (Lipinski definition) is 1. The Balaban J connectivity index is 2.39. The van der Waals surface area contributed by atoms with Crippen LogP contribution in [0.1, 0.15) is 6.92 Å². The Morgan fingerprint density at radius 1 is 1.60 bits per heavy atom. The van der Waals surface area contributed by atoms with E-state index in [1.807, 2.05) is 0 Å². The second-order valence-corrected chi connectivity index (χ2v) is 2.31. The molecule has 1 aliphatic heterocycles. The Morgan fingerprint density at radius 2 is 2.30 bits per heavy atom. The van der Waals surface area contributed by atoms with Crippen LogP contribution in [0.25, 0.3) is 0 Å². The van der Waals surface area contributed by atoms with E-state index < -0.39 is 12.1 Å². The number of hydrogen-bond acceptors (Lipinski definition) is 3. The van der Waals surface area contributed by atoms with Crippen molar-refractivity contribution in [2.75, 3.05) is 13.2 Å². The van der Waals surface area contributed by atoms with Crippen LogP contribution in [0.2, 0.25) is 0 Å². The van der Waals surface area contributed by atoms with E-state index in [0.717, 1.165) is 0 Å². The number of ether oxygens (including phenoxy) is 2. The molecule has 0 aromatic carbocycles. The third-order valence-corrected chi connectivity index (χ3v) is 1.29. The van der Waals surface area contributed by atoms with Gasteiger partial charge in [-0.25, -0.2) is 4.79 Å². The van der Waals surface area contributed by atoms with E-state index in [9.17, 15) is 4.79 Å². The summed E-state index contributed by atoms with van der Waals surface area (Å²) in [4.78, 5) is 10.3. The minimum Gasteiger partial charge on any atom is -0.479 e. The maximum atomic E-state index is 10.3. The van der Waals surface area contributed by atoms with Crippen molar-refractivity contribution in [3.8, 4) is 0 Å². The zero-order chi connectivity index (χ0) is 7.56. The van der Waals surface area contributed by atoms with Gasteiger partial charge in [-0.2, -0.15) is 0 Å². The summed E-state index contributed by atoms with van der Waals surface area (Å²) in [5.41, 5.74) is 0. The number of rotatable bonds is 1. The van der Waals surface area contributed by atoms with E-state index in [4.69, 9.17) is 14.6 Å². The van der Waals surface area contributed by atoms with Gasteiger partial charge in [0.25, 0.3) is 0 Å². The summed E-state index contributed by atoms with van der Waals surface area (Å²) in [5, 5.41) is 8.45. The van der Waals surface area contributed by atoms with Gasteiger partial charge in [0.2, 0.25) is 0 Å². The standard InChI is InChI=1S/C6H10O4/c1-4-2-9-3-5(10-4)6(7)8/h4-5H,2-3H2,1H3,(H,7,8). The fourth-order valence-electron chi connectivity index (χ4n) is 0.830. The van der Waals surface area contributed by atoms with E-state index >= 15 is 0 Å². The van der Waals surface area contributed by atoms with Gasteiger partial charge in [0.05, 0.1) is 19.3 Å². The summed E-state index contributed by atoms with van der Waals surface area (Å²) in [6.07, 6.45) is -0.876. The van der Waals surface area contributed by atoms with Gasteiger partial charge in [-0.05, 0) is 6.92 Å². The van der Waals surface area contributed by atoms with Gasteiger partial charge in [0, 0.05) is 0 Å². The minimum atomic E-state index is -0.952. The topological polar surface area (TPSA) is 55.8 Å². The van der Waals surface area contributed by atoms with Crippen LogP contribution in [0.15, 0.2) is 0 Å². The molecule has 58 valence electrons. The van der Waals surface area contributed by atoms with Crippen molar-refractivity contribution in [3.05, 3.63) is 0 Å². The minimum absolute atomic E-state index is 0.102. The molecule has 1 fully saturated rings. The fourth-order valence-corrected chi connectivity index (χ4v) is 0.830. The molecule has 2 unspecified atom stereocenters. The van der Waals surface area contributed by atoms with Gasteiger partial charge >= 0.3 is 5.97 Å². The average Bonchev–Trinajstić information content (AvgIpc) is 1.88. The van der Waals surface area contributed by atoms with Crippen molar-refractivity contribution in [2.45, 2.75) is 19.1 Å². The molecule has 0 aromatic heterocycles. The Bertz CT molecular complexity index is 134. The van der Waals surface area contributed by atoms with Crippen LogP contribution < -0.4 is 0 Å². The molecule has 1 aliphatic rings. The molecule has 2 atom stereocenters. The van der Waals surface area contributed by atoms with Crippen molar-refractivity contribution in [3.63, 3.8) is 0 Å². The predicted octanol–water partition coefficient (Wildman–Crippen LogP) is -0.125. The number of carboxylic acids is 1. The van der Waals surface area contributed by atoms with Crippen LogP contribution in [0.4, 0.5) is 0 Å². The van der Waals surface area contributed by atoms with Crippen LogP contribution >= 0.6 is 0 Å². The zero-order valence-electron chi connectivity index (χ0n) is 5.74. The highest BCUT2D eigenvalue weighted by Crippen LogP contribution is 2.06. The molecule has 0 aromatic rings. The summed E-state index contributed by atoms with van der Waals surface area (Å²) < 4.78 is 9.97. The lowest BCUT2D eigenvalue weighted by Crippen LogP contribution is -2.39. The smallest absolute Gasteiger partial charge is 0.335 e. The van der Waals surface area contributed by atoms with Gasteiger partial charge in [0.15, 0.2) is 6.10 Å². The van der Waals surface area contributed by atoms with E-state index in [0.29, 0.717) is 6.61 Å². The molecular formula is C6H10O4. The number of aliphatic carboxylic acids is 1. The Labute approximate surface area is 58.7 Å². The molecule has 0 aliphatic carbocycles. The molecule has 4 heteroatoms. The first kappa shape index (κ1) is 7.50. The van der Waals surface area contributed by atoms with Gasteiger partial charge in [-0.15, -0.1) is 0 Å². The zero-order valence-corrected chi connectivity index (χ0v) is 5.74. The van der Waals surface area contributed by atoms with Crippen LogP contribution in [-0.2, 0) is 14.3 Å². The molecule has 1 saturated heterocycles. The van der Waals surface area contributed by atoms with Crippen molar-refractivity contribution >= 4 is 5.97 Å². The highest BCUT2D eigenvalue weighted by atomic mass is 16.6. The van der Waals surface area contributed by atoms with Crippen molar-refractivity contribution in [1.82, 2.24) is 0 Å². The summed E-state index contributed by atoms with van der Waals surface area (Å²) in [5.74, 6) is -0.952. The van der Waals surface area contributed by atoms with Gasteiger partial charge in [0.1, 0.15) is 0 Å². The van der Waals surface area contributed by atoms with Crippen LogP contribution in [-0.4, -0.2) is 36.5 Å². The van der Waals surface area contributed by atoms with Crippen LogP contribution in [0.3, 0.4) is 0 Å². The summed E-state index contributed by atoms with van der Waals surface area (Å²) in [6, 6.07) is 0. The molecule has 10 heavy (non-hydrogen) atoms. The molecule has 0 saturated carbocycles. The second kappa shape index (κ2) is 2.98. The predicted molar refractivity (Wildman–Crippen MR) is 32.8 cm³/mol. The van der Waals surface area contributed by atoms with E-state index in [1.54, 1.807) is 6.92 Å². The number of carbonyl (C=O) groups is 1. The first-order valence-electron chi connectivity index (χ1n) is 3.16. The molecular weight excluding hydrogens is 136 g/mol. The lowest BCUT2D eigenvalue weighted by molar-refractivity contribution is -0.175. The fraction of sp³-hybridized carbons (Fsp3) is 0.833. The molecule has 1 N–H and O–H groups in total. The highest BCUT2D eigenvalue weighted by Gasteiger charge is 2.25. The van der Waals surface area contributed by atoms with Crippen LogP contribution in [0.5, 0.6) is 0 Å². The molecule has 0 spiro atoms. The lowest BCUT2D eigenvalue weighted by Gasteiger charge is -2.24. The summed E-state index contributed by atoms with van der Waals surface area (Å²) in [6.45, 7) is 2.44. The van der Waals surface area contributed by atoms with Gasteiger partial charge < -0.3 is 14.6 Å². The van der Waals surface area contributed by atoms with Gasteiger partial charge in [-0.1, -0.05) is 0 Å². The quantitative estimate of drug-likeness (QED) is 0.560. The highest BCUT2D eigenvalue weighted by molar-refractivity contribution is 5.72. The molecule has 1 heterocycles. The van der Waals surface area contributed by atoms with Crippen molar-refractivity contribution < 1.29 is 19.4 Å². The maximum Gasteiger partial charge on any atom is 0.335 e. The maximum absolute atomic E-state index is 10.3. The monoisotopic (exact) mass is 146 g/mol. The van der Waals surface area contributed by atoms with Crippen molar-refractivity contribution in [2.24, 2.45) is 0 Å². The van der Waals surface area contributed by atoms with Gasteiger partial charge in [-0.3, -0.25) is 0 Å². The van der Waals surface area contributed by atoms with E-state index in [2.05, 4.69) is 0 Å². The second-order valence-electron chi connectivity index (χ2n) is 2.31. The first-order valence-corrected chi connectivity index (χ1v) is 3.16. The molecule has 1 rings (SSSR count). The lowest BCUT2D eigenvalue weighted by atomic mass is 10.3.